The zero-order chi connectivity index (χ0) is 18.4. The second-order valence-corrected chi connectivity index (χ2v) is 8.24. The van der Waals surface area contributed by atoms with E-state index in [0.717, 1.165) is 5.56 Å². The number of carbonyl (C=O) groups is 2. The minimum absolute atomic E-state index is 0.203. The SMILES string of the molecule is C[C@H](c1ccccc1)N1C[C@]2(C(=O)OC(C)(C)C)CC[C@@H](F)[C@H]2C1=O. The third-order valence-corrected chi connectivity index (χ3v) is 5.38. The molecule has 1 aromatic carbocycles. The fourth-order valence-electron chi connectivity index (χ4n) is 4.11. The first kappa shape index (κ1) is 17.9. The number of hydrogen-bond donors (Lipinski definition) is 0. The van der Waals surface area contributed by atoms with E-state index in [0.29, 0.717) is 6.42 Å². The molecule has 1 heterocycles. The molecule has 1 amide bonds. The van der Waals surface area contributed by atoms with Crippen LogP contribution in [0, 0.1) is 11.3 Å². The summed E-state index contributed by atoms with van der Waals surface area (Å²) in [5.74, 6) is -1.64. The molecule has 1 aromatic rings. The van der Waals surface area contributed by atoms with Gasteiger partial charge in [-0.1, -0.05) is 30.3 Å². The zero-order valence-electron chi connectivity index (χ0n) is 15.3. The molecule has 1 aliphatic carbocycles. The van der Waals surface area contributed by atoms with E-state index in [4.69, 9.17) is 4.74 Å². The quantitative estimate of drug-likeness (QED) is 0.784. The highest BCUT2D eigenvalue weighted by molar-refractivity contribution is 5.93. The lowest BCUT2D eigenvalue weighted by Crippen LogP contribution is -2.42. The molecule has 3 rings (SSSR count). The number of ether oxygens (including phenoxy) is 1. The van der Waals surface area contributed by atoms with Crippen molar-refractivity contribution >= 4 is 11.9 Å². The van der Waals surface area contributed by atoms with E-state index < -0.39 is 29.1 Å². The minimum Gasteiger partial charge on any atom is -0.459 e. The van der Waals surface area contributed by atoms with E-state index in [2.05, 4.69) is 0 Å². The first-order chi connectivity index (χ1) is 11.7. The summed E-state index contributed by atoms with van der Waals surface area (Å²) >= 11 is 0. The molecule has 5 heteroatoms. The van der Waals surface area contributed by atoms with Crippen molar-refractivity contribution in [1.29, 1.82) is 0 Å². The maximum Gasteiger partial charge on any atom is 0.315 e. The lowest BCUT2D eigenvalue weighted by atomic mass is 9.80. The molecular formula is C20H26FNO3. The largest absolute Gasteiger partial charge is 0.459 e. The Morgan fingerprint density at radius 1 is 1.32 bits per heavy atom. The molecule has 4 atom stereocenters. The fourth-order valence-corrected chi connectivity index (χ4v) is 4.11. The number of likely N-dealkylation sites (tertiary alicyclic amines) is 1. The van der Waals surface area contributed by atoms with Gasteiger partial charge in [-0.05, 0) is 46.1 Å². The molecule has 0 radical (unpaired) electrons. The van der Waals surface area contributed by atoms with Crippen LogP contribution < -0.4 is 0 Å². The number of fused-ring (bicyclic) bond motifs is 1. The number of nitrogens with zero attached hydrogens (tertiary/aromatic N) is 1. The van der Waals surface area contributed by atoms with Gasteiger partial charge < -0.3 is 9.64 Å². The summed E-state index contributed by atoms with van der Waals surface area (Å²) in [4.78, 5) is 27.5. The van der Waals surface area contributed by atoms with Gasteiger partial charge >= 0.3 is 5.97 Å². The summed E-state index contributed by atoms with van der Waals surface area (Å²) < 4.78 is 20.1. The van der Waals surface area contributed by atoms with Gasteiger partial charge in [0.2, 0.25) is 5.91 Å². The average molecular weight is 347 g/mol. The zero-order valence-corrected chi connectivity index (χ0v) is 15.3. The Morgan fingerprint density at radius 2 is 1.96 bits per heavy atom. The molecular weight excluding hydrogens is 321 g/mol. The third-order valence-electron chi connectivity index (χ3n) is 5.38. The highest BCUT2D eigenvalue weighted by Crippen LogP contribution is 2.53. The van der Waals surface area contributed by atoms with Crippen LogP contribution in [0.4, 0.5) is 4.39 Å². The van der Waals surface area contributed by atoms with E-state index in [9.17, 15) is 14.0 Å². The van der Waals surface area contributed by atoms with E-state index in [1.165, 1.54) is 0 Å². The Kier molecular flexibility index (Phi) is 4.38. The first-order valence-corrected chi connectivity index (χ1v) is 8.89. The van der Waals surface area contributed by atoms with Crippen molar-refractivity contribution in [1.82, 2.24) is 4.90 Å². The van der Waals surface area contributed by atoms with Gasteiger partial charge in [0.05, 0.1) is 12.0 Å². The maximum atomic E-state index is 14.6. The Morgan fingerprint density at radius 3 is 2.56 bits per heavy atom. The van der Waals surface area contributed by atoms with Crippen molar-refractivity contribution in [3.63, 3.8) is 0 Å². The van der Waals surface area contributed by atoms with E-state index >= 15 is 0 Å². The van der Waals surface area contributed by atoms with Crippen molar-refractivity contribution in [2.24, 2.45) is 11.3 Å². The third kappa shape index (κ3) is 3.05. The van der Waals surface area contributed by atoms with Gasteiger partial charge in [-0.15, -0.1) is 0 Å². The lowest BCUT2D eigenvalue weighted by molar-refractivity contribution is -0.169. The van der Waals surface area contributed by atoms with Crippen LogP contribution in [0.3, 0.4) is 0 Å². The molecule has 2 fully saturated rings. The van der Waals surface area contributed by atoms with Crippen LogP contribution in [0.1, 0.15) is 52.1 Å². The first-order valence-electron chi connectivity index (χ1n) is 8.89. The summed E-state index contributed by atoms with van der Waals surface area (Å²) in [5, 5.41) is 0. The van der Waals surface area contributed by atoms with Crippen molar-refractivity contribution in [3.05, 3.63) is 35.9 Å². The second-order valence-electron chi connectivity index (χ2n) is 8.24. The number of benzene rings is 1. The smallest absolute Gasteiger partial charge is 0.315 e. The topological polar surface area (TPSA) is 46.6 Å². The summed E-state index contributed by atoms with van der Waals surface area (Å²) in [7, 11) is 0. The van der Waals surface area contributed by atoms with Gasteiger partial charge in [-0.25, -0.2) is 4.39 Å². The number of halogens is 1. The van der Waals surface area contributed by atoms with Crippen molar-refractivity contribution < 1.29 is 18.7 Å². The van der Waals surface area contributed by atoms with Crippen molar-refractivity contribution in [2.75, 3.05) is 6.54 Å². The van der Waals surface area contributed by atoms with E-state index in [1.54, 1.807) is 25.7 Å². The summed E-state index contributed by atoms with van der Waals surface area (Å²) in [6.07, 6.45) is -0.686. The van der Waals surface area contributed by atoms with Crippen LogP contribution in [-0.4, -0.2) is 35.1 Å². The van der Waals surface area contributed by atoms with Crippen LogP contribution in [0.15, 0.2) is 30.3 Å². The molecule has 0 bridgehead atoms. The van der Waals surface area contributed by atoms with Crippen LogP contribution in [0.5, 0.6) is 0 Å². The van der Waals surface area contributed by atoms with Gasteiger partial charge in [-0.2, -0.15) is 0 Å². The normalized spacial score (nSPS) is 30.3. The maximum absolute atomic E-state index is 14.6. The standard InChI is InChI=1S/C20H26FNO3/c1-13(14-8-6-5-7-9-14)22-12-20(18(24)25-19(2,3)4)11-10-15(21)16(20)17(22)23/h5-9,13,15-16H,10-12H2,1-4H3/t13-,15-,16+,20-/m1/s1. The Balaban J connectivity index is 1.91. The Hall–Kier alpha value is -1.91. The molecule has 1 saturated heterocycles. The van der Waals surface area contributed by atoms with Crippen molar-refractivity contribution in [3.8, 4) is 0 Å². The average Bonchev–Trinajstić information content (AvgIpc) is 3.03. The van der Waals surface area contributed by atoms with Gasteiger partial charge in [0.1, 0.15) is 17.2 Å². The molecule has 1 saturated carbocycles. The number of hydrogen-bond acceptors (Lipinski definition) is 3. The molecule has 2 aliphatic rings. The van der Waals surface area contributed by atoms with Crippen LogP contribution in [-0.2, 0) is 14.3 Å². The monoisotopic (exact) mass is 347 g/mol. The van der Waals surface area contributed by atoms with Crippen LogP contribution in [0.25, 0.3) is 0 Å². The van der Waals surface area contributed by atoms with Gasteiger partial charge in [0.15, 0.2) is 0 Å². The summed E-state index contributed by atoms with van der Waals surface area (Å²) in [6, 6.07) is 9.42. The molecule has 136 valence electrons. The number of esters is 1. The summed E-state index contributed by atoms with van der Waals surface area (Å²) in [5.41, 5.74) is -0.746. The molecule has 0 spiro atoms. The van der Waals surface area contributed by atoms with E-state index in [1.807, 2.05) is 37.3 Å². The van der Waals surface area contributed by atoms with Gasteiger partial charge in [0.25, 0.3) is 0 Å². The summed E-state index contributed by atoms with van der Waals surface area (Å²) in [6.45, 7) is 7.52. The van der Waals surface area contributed by atoms with E-state index in [-0.39, 0.29) is 24.9 Å². The van der Waals surface area contributed by atoms with Gasteiger partial charge in [-0.3, -0.25) is 9.59 Å². The molecule has 1 aliphatic heterocycles. The predicted octanol–water partition coefficient (Wildman–Crippen LogP) is 3.67. The lowest BCUT2D eigenvalue weighted by Gasteiger charge is -2.31. The Bertz CT molecular complexity index is 669. The fraction of sp³-hybridized carbons (Fsp3) is 0.600. The molecule has 0 unspecified atom stereocenters. The van der Waals surface area contributed by atoms with Crippen molar-refractivity contribution in [2.45, 2.75) is 58.4 Å². The molecule has 0 aromatic heterocycles. The van der Waals surface area contributed by atoms with Crippen LogP contribution in [0.2, 0.25) is 0 Å². The van der Waals surface area contributed by atoms with Crippen LogP contribution >= 0.6 is 0 Å². The predicted molar refractivity (Wildman–Crippen MR) is 92.5 cm³/mol. The highest BCUT2D eigenvalue weighted by atomic mass is 19.1. The highest BCUT2D eigenvalue weighted by Gasteiger charge is 2.65. The number of amides is 1. The molecule has 0 N–H and O–H groups in total. The Labute approximate surface area is 148 Å². The number of rotatable bonds is 3. The number of carbonyl (C=O) groups excluding carboxylic acids is 2. The molecule has 25 heavy (non-hydrogen) atoms. The number of alkyl halides is 1. The molecule has 4 nitrogen and oxygen atoms in total. The second kappa shape index (κ2) is 6.11. The minimum atomic E-state index is -1.28. The van der Waals surface area contributed by atoms with Gasteiger partial charge in [0, 0.05) is 6.54 Å².